The molecule has 6 nitrogen and oxygen atoms in total. The van der Waals surface area contributed by atoms with Crippen molar-refractivity contribution >= 4 is 12.4 Å². The fourth-order valence-corrected chi connectivity index (χ4v) is 4.24. The molecule has 1 amide bonds. The molecule has 25 heavy (non-hydrogen) atoms. The van der Waals surface area contributed by atoms with Crippen molar-refractivity contribution in [1.82, 2.24) is 10.2 Å². The minimum atomic E-state index is -0.250. The molecule has 0 radical (unpaired) electrons. The van der Waals surface area contributed by atoms with Gasteiger partial charge in [-0.25, -0.2) is 0 Å². The van der Waals surface area contributed by atoms with Gasteiger partial charge in [0.05, 0.1) is 18.6 Å². The lowest BCUT2D eigenvalue weighted by Crippen LogP contribution is -2.34. The summed E-state index contributed by atoms with van der Waals surface area (Å²) in [5.74, 6) is 2.66. The number of nitrogens with one attached hydrogen (secondary N) is 1. The molecule has 2 unspecified atom stereocenters. The lowest BCUT2D eigenvalue weighted by molar-refractivity contribution is -0.133. The molecular weight excluding hydrogens is 320 g/mol. The molecule has 0 bridgehead atoms. The van der Waals surface area contributed by atoms with Crippen molar-refractivity contribution in [3.8, 4) is 0 Å². The Bertz CT molecular complexity index is 458. The van der Waals surface area contributed by atoms with Crippen LogP contribution in [-0.2, 0) is 14.3 Å². The molecule has 6 heteroatoms. The lowest BCUT2D eigenvalue weighted by atomic mass is 10.1. The first-order valence-corrected chi connectivity index (χ1v) is 9.44. The highest BCUT2D eigenvalue weighted by atomic mass is 16.5. The number of likely N-dealkylation sites (tertiary alicyclic amines) is 1. The molecule has 0 spiro atoms. The van der Waals surface area contributed by atoms with E-state index < -0.39 is 0 Å². The van der Waals surface area contributed by atoms with Crippen LogP contribution in [0.5, 0.6) is 0 Å². The van der Waals surface area contributed by atoms with E-state index in [1.165, 1.54) is 25.7 Å². The summed E-state index contributed by atoms with van der Waals surface area (Å²) in [5, 5.41) is 9.64. The number of hydrogen-bond acceptors (Lipinski definition) is 4. The fourth-order valence-electron chi connectivity index (χ4n) is 4.24. The summed E-state index contributed by atoms with van der Waals surface area (Å²) in [7, 11) is 3.75. The second-order valence-corrected chi connectivity index (χ2v) is 8.38. The van der Waals surface area contributed by atoms with Crippen molar-refractivity contribution in [3.05, 3.63) is 0 Å². The van der Waals surface area contributed by atoms with Crippen molar-refractivity contribution in [1.29, 1.82) is 0 Å². The van der Waals surface area contributed by atoms with Crippen molar-refractivity contribution < 1.29 is 19.4 Å². The molecule has 2 atom stereocenters. The number of carbonyl (C=O) groups is 2. The van der Waals surface area contributed by atoms with E-state index in [-0.39, 0.29) is 12.1 Å². The third kappa shape index (κ3) is 4.73. The van der Waals surface area contributed by atoms with Gasteiger partial charge in [-0.3, -0.25) is 9.59 Å². The third-order valence-electron chi connectivity index (χ3n) is 6.24. The number of fused-ring (bicyclic) bond motifs is 1. The molecular formula is C19H34N2O4. The summed E-state index contributed by atoms with van der Waals surface area (Å²) in [5.41, 5.74) is 0.715. The van der Waals surface area contributed by atoms with Gasteiger partial charge in [-0.1, -0.05) is 13.8 Å². The van der Waals surface area contributed by atoms with Crippen molar-refractivity contribution in [2.24, 2.45) is 23.2 Å². The number of nitrogens with zero attached hydrogens (tertiary/aromatic N) is 1. The largest absolute Gasteiger partial charge is 0.483 e. The Kier molecular flexibility index (Phi) is 6.49. The van der Waals surface area contributed by atoms with Crippen LogP contribution in [0.2, 0.25) is 0 Å². The standard InChI is InChI=1S/C16H25NO2.C2H7N.CH2O2/c1-15(2)12-9-17(10-13(12)15)14(18)5-8-19-16(6-7-16)11-3-4-11;1-3-2;2-1-3/h11-13H,3-10H2,1-2H3;3H,1-2H3;1H,(H,2,3). The van der Waals surface area contributed by atoms with Crippen molar-refractivity contribution in [2.45, 2.75) is 51.6 Å². The van der Waals surface area contributed by atoms with E-state index >= 15 is 0 Å². The summed E-state index contributed by atoms with van der Waals surface area (Å²) in [6, 6.07) is 0. The summed E-state index contributed by atoms with van der Waals surface area (Å²) in [6.07, 6.45) is 5.74. The molecule has 2 N–H and O–H groups in total. The number of carbonyl (C=O) groups excluding carboxylic acids is 1. The Morgan fingerprint density at radius 2 is 1.72 bits per heavy atom. The van der Waals surface area contributed by atoms with Gasteiger partial charge in [0.1, 0.15) is 0 Å². The highest BCUT2D eigenvalue weighted by Gasteiger charge is 2.62. The molecule has 1 heterocycles. The number of amides is 1. The molecule has 144 valence electrons. The van der Waals surface area contributed by atoms with Crippen LogP contribution in [0.25, 0.3) is 0 Å². The van der Waals surface area contributed by atoms with E-state index in [4.69, 9.17) is 14.6 Å². The maximum Gasteiger partial charge on any atom is 0.290 e. The van der Waals surface area contributed by atoms with Gasteiger partial charge >= 0.3 is 0 Å². The highest BCUT2D eigenvalue weighted by Crippen LogP contribution is 2.62. The van der Waals surface area contributed by atoms with Crippen LogP contribution in [0.4, 0.5) is 0 Å². The maximum atomic E-state index is 12.2. The van der Waals surface area contributed by atoms with Crippen LogP contribution in [0.15, 0.2) is 0 Å². The normalized spacial score (nSPS) is 29.4. The topological polar surface area (TPSA) is 78.9 Å². The molecule has 0 aromatic rings. The molecule has 4 rings (SSSR count). The molecule has 3 saturated carbocycles. The van der Waals surface area contributed by atoms with Gasteiger partial charge in [0.2, 0.25) is 5.91 Å². The Labute approximate surface area is 151 Å². The number of ether oxygens (including phenoxy) is 1. The highest BCUT2D eigenvalue weighted by molar-refractivity contribution is 5.77. The van der Waals surface area contributed by atoms with Gasteiger partial charge in [0.15, 0.2) is 0 Å². The summed E-state index contributed by atoms with van der Waals surface area (Å²) < 4.78 is 6.03. The van der Waals surface area contributed by atoms with E-state index in [0.717, 1.165) is 30.8 Å². The number of hydrogen-bond donors (Lipinski definition) is 2. The zero-order valence-electron chi connectivity index (χ0n) is 16.1. The van der Waals surface area contributed by atoms with Crippen LogP contribution in [0.3, 0.4) is 0 Å². The predicted octanol–water partition coefficient (Wildman–Crippen LogP) is 1.99. The van der Waals surface area contributed by atoms with Crippen molar-refractivity contribution in [2.75, 3.05) is 33.8 Å². The average Bonchev–Trinajstić information content (AvgIpc) is 3.47. The minimum Gasteiger partial charge on any atom is -0.483 e. The first kappa shape index (κ1) is 20.2. The van der Waals surface area contributed by atoms with Gasteiger partial charge in [-0.2, -0.15) is 0 Å². The molecule has 1 saturated heterocycles. The first-order chi connectivity index (χ1) is 11.9. The Morgan fingerprint density at radius 3 is 2.12 bits per heavy atom. The smallest absolute Gasteiger partial charge is 0.290 e. The van der Waals surface area contributed by atoms with E-state index in [9.17, 15) is 4.79 Å². The van der Waals surface area contributed by atoms with E-state index in [2.05, 4.69) is 24.1 Å². The second kappa shape index (κ2) is 8.04. The van der Waals surface area contributed by atoms with Gasteiger partial charge in [0, 0.05) is 13.1 Å². The second-order valence-electron chi connectivity index (χ2n) is 8.38. The van der Waals surface area contributed by atoms with E-state index in [1.54, 1.807) is 0 Å². The number of rotatable bonds is 5. The Hall–Kier alpha value is -1.14. The summed E-state index contributed by atoms with van der Waals surface area (Å²) >= 11 is 0. The SMILES string of the molecule is CC1(C)C2CN(C(=O)CCOC3(C4CC4)CC3)CC21.CNC.O=CO. The van der Waals surface area contributed by atoms with Crippen LogP contribution in [0, 0.1) is 23.2 Å². The van der Waals surface area contributed by atoms with Crippen LogP contribution in [-0.4, -0.2) is 61.8 Å². The predicted molar refractivity (Wildman–Crippen MR) is 96.3 cm³/mol. The Morgan fingerprint density at radius 1 is 1.24 bits per heavy atom. The quantitative estimate of drug-likeness (QED) is 0.738. The van der Waals surface area contributed by atoms with Crippen LogP contribution >= 0.6 is 0 Å². The summed E-state index contributed by atoms with van der Waals surface area (Å²) in [4.78, 5) is 22.6. The zero-order chi connectivity index (χ0) is 18.7. The molecule has 4 aliphatic rings. The average molecular weight is 354 g/mol. The zero-order valence-corrected chi connectivity index (χ0v) is 16.1. The fraction of sp³-hybridized carbons (Fsp3) is 0.895. The van der Waals surface area contributed by atoms with E-state index in [1.807, 2.05) is 14.1 Å². The van der Waals surface area contributed by atoms with Gasteiger partial charge < -0.3 is 20.1 Å². The Balaban J connectivity index is 0.000000334. The molecule has 0 aromatic carbocycles. The number of carboxylic acid groups (broad SMARTS) is 1. The molecule has 4 fully saturated rings. The lowest BCUT2D eigenvalue weighted by Gasteiger charge is -2.23. The number of piperidine rings is 1. The molecule has 1 aliphatic heterocycles. The van der Waals surface area contributed by atoms with Gasteiger partial charge in [-0.15, -0.1) is 0 Å². The third-order valence-corrected chi connectivity index (χ3v) is 6.24. The minimum absolute atomic E-state index is 0.218. The van der Waals surface area contributed by atoms with Crippen molar-refractivity contribution in [3.63, 3.8) is 0 Å². The summed E-state index contributed by atoms with van der Waals surface area (Å²) in [6.45, 7) is 7.04. The molecule has 3 aliphatic carbocycles. The van der Waals surface area contributed by atoms with Gasteiger partial charge in [-0.05, 0) is 62.9 Å². The maximum absolute atomic E-state index is 12.2. The van der Waals surface area contributed by atoms with Crippen LogP contribution in [0.1, 0.15) is 46.0 Å². The van der Waals surface area contributed by atoms with Crippen LogP contribution < -0.4 is 5.32 Å². The van der Waals surface area contributed by atoms with E-state index in [0.29, 0.717) is 24.3 Å². The monoisotopic (exact) mass is 354 g/mol. The van der Waals surface area contributed by atoms with Gasteiger partial charge in [0.25, 0.3) is 6.47 Å². The molecule has 0 aromatic heterocycles. The first-order valence-electron chi connectivity index (χ1n) is 9.44.